The summed E-state index contributed by atoms with van der Waals surface area (Å²) < 4.78 is 40.3. The highest BCUT2D eigenvalue weighted by atomic mass is 19.1. The Kier molecular flexibility index (Phi) is 5.16. The molecule has 0 atom stereocenters. The number of nitrogens with zero attached hydrogens (tertiary/aromatic N) is 1. The fourth-order valence-electron chi connectivity index (χ4n) is 2.28. The van der Waals surface area contributed by atoms with Crippen molar-refractivity contribution in [2.24, 2.45) is 0 Å². The van der Waals surface area contributed by atoms with Gasteiger partial charge in [0.2, 0.25) is 0 Å². The van der Waals surface area contributed by atoms with Crippen LogP contribution in [0.2, 0.25) is 0 Å². The molecule has 5 nitrogen and oxygen atoms in total. The Morgan fingerprint density at radius 1 is 0.778 bits per heavy atom. The number of carbonyl (C=O) groups excluding carboxylic acids is 2. The molecule has 0 aliphatic carbocycles. The molecule has 0 unspecified atom stereocenters. The van der Waals surface area contributed by atoms with Gasteiger partial charge >= 0.3 is 0 Å². The van der Waals surface area contributed by atoms with Gasteiger partial charge in [0.25, 0.3) is 11.8 Å². The Bertz CT molecular complexity index is 987. The average Bonchev–Trinajstić information content (AvgIpc) is 2.63. The SMILES string of the molecule is O=C(Nc1ccc(NC(=O)c2c(F)cccc2F)cc1)c1cncc(F)c1. The molecule has 0 saturated heterocycles. The van der Waals surface area contributed by atoms with Crippen molar-refractivity contribution in [3.05, 3.63) is 89.5 Å². The number of hydrogen-bond donors (Lipinski definition) is 2. The van der Waals surface area contributed by atoms with E-state index in [1.165, 1.54) is 30.5 Å². The minimum absolute atomic E-state index is 0.0439. The van der Waals surface area contributed by atoms with Crippen molar-refractivity contribution in [3.63, 3.8) is 0 Å². The number of aromatic nitrogens is 1. The minimum Gasteiger partial charge on any atom is -0.322 e. The molecular formula is C19H12F3N3O2. The van der Waals surface area contributed by atoms with Crippen LogP contribution in [0.3, 0.4) is 0 Å². The van der Waals surface area contributed by atoms with Crippen molar-refractivity contribution < 1.29 is 22.8 Å². The zero-order valence-electron chi connectivity index (χ0n) is 13.7. The molecule has 0 spiro atoms. The van der Waals surface area contributed by atoms with Crippen LogP contribution < -0.4 is 10.6 Å². The molecule has 0 radical (unpaired) electrons. The first kappa shape index (κ1) is 18.1. The van der Waals surface area contributed by atoms with E-state index in [9.17, 15) is 22.8 Å². The topological polar surface area (TPSA) is 71.1 Å². The van der Waals surface area contributed by atoms with E-state index in [1.54, 1.807) is 0 Å². The summed E-state index contributed by atoms with van der Waals surface area (Å²) in [6, 6.07) is 9.99. The first-order valence-electron chi connectivity index (χ1n) is 7.71. The zero-order valence-corrected chi connectivity index (χ0v) is 13.7. The predicted molar refractivity (Wildman–Crippen MR) is 92.9 cm³/mol. The lowest BCUT2D eigenvalue weighted by molar-refractivity contribution is 0.101. The highest BCUT2D eigenvalue weighted by molar-refractivity contribution is 6.05. The lowest BCUT2D eigenvalue weighted by Gasteiger charge is -2.09. The summed E-state index contributed by atoms with van der Waals surface area (Å²) in [6.07, 6.45) is 2.20. The average molecular weight is 371 g/mol. The maximum absolute atomic E-state index is 13.6. The van der Waals surface area contributed by atoms with Crippen molar-refractivity contribution in [2.45, 2.75) is 0 Å². The Hall–Kier alpha value is -3.68. The first-order chi connectivity index (χ1) is 12.9. The van der Waals surface area contributed by atoms with Crippen LogP contribution in [0.1, 0.15) is 20.7 Å². The lowest BCUT2D eigenvalue weighted by atomic mass is 10.1. The Labute approximate surface area is 151 Å². The summed E-state index contributed by atoms with van der Waals surface area (Å²) in [4.78, 5) is 27.6. The van der Waals surface area contributed by atoms with Crippen LogP contribution in [0.25, 0.3) is 0 Å². The third-order valence-electron chi connectivity index (χ3n) is 3.56. The number of nitrogens with one attached hydrogen (secondary N) is 2. The first-order valence-corrected chi connectivity index (χ1v) is 7.71. The molecule has 27 heavy (non-hydrogen) atoms. The summed E-state index contributed by atoms with van der Waals surface area (Å²) in [5, 5.41) is 4.91. The third-order valence-corrected chi connectivity index (χ3v) is 3.56. The van der Waals surface area contributed by atoms with Gasteiger partial charge < -0.3 is 10.6 Å². The third kappa shape index (κ3) is 4.30. The van der Waals surface area contributed by atoms with Crippen LogP contribution in [0.15, 0.2) is 60.9 Å². The van der Waals surface area contributed by atoms with Crippen LogP contribution in [0.5, 0.6) is 0 Å². The number of carbonyl (C=O) groups is 2. The van der Waals surface area contributed by atoms with Crippen LogP contribution in [-0.2, 0) is 0 Å². The molecule has 8 heteroatoms. The molecule has 0 aliphatic rings. The smallest absolute Gasteiger partial charge is 0.261 e. The van der Waals surface area contributed by atoms with E-state index < -0.39 is 34.8 Å². The predicted octanol–water partition coefficient (Wildman–Crippen LogP) is 4.00. The molecule has 2 amide bonds. The number of benzene rings is 2. The van der Waals surface area contributed by atoms with Gasteiger partial charge in [-0.25, -0.2) is 13.2 Å². The van der Waals surface area contributed by atoms with Gasteiger partial charge in [-0.2, -0.15) is 0 Å². The molecule has 0 fully saturated rings. The molecule has 2 aromatic carbocycles. The summed E-state index contributed by atoms with van der Waals surface area (Å²) in [5.41, 5.74) is 0.00305. The highest BCUT2D eigenvalue weighted by Gasteiger charge is 2.17. The zero-order chi connectivity index (χ0) is 19.4. The van der Waals surface area contributed by atoms with E-state index in [0.29, 0.717) is 5.69 Å². The number of hydrogen-bond acceptors (Lipinski definition) is 3. The van der Waals surface area contributed by atoms with E-state index in [2.05, 4.69) is 15.6 Å². The summed E-state index contributed by atoms with van der Waals surface area (Å²) >= 11 is 0. The van der Waals surface area contributed by atoms with Gasteiger partial charge in [0.05, 0.1) is 11.8 Å². The number of amides is 2. The van der Waals surface area contributed by atoms with Crippen LogP contribution in [-0.4, -0.2) is 16.8 Å². The number of anilines is 2. The van der Waals surface area contributed by atoms with Crippen molar-refractivity contribution in [2.75, 3.05) is 10.6 Å². The molecule has 0 saturated carbocycles. The fraction of sp³-hybridized carbons (Fsp3) is 0. The number of rotatable bonds is 4. The maximum atomic E-state index is 13.6. The molecular weight excluding hydrogens is 359 g/mol. The van der Waals surface area contributed by atoms with Gasteiger partial charge in [0.1, 0.15) is 23.0 Å². The second-order valence-corrected chi connectivity index (χ2v) is 5.47. The van der Waals surface area contributed by atoms with Crippen molar-refractivity contribution in [3.8, 4) is 0 Å². The molecule has 136 valence electrons. The van der Waals surface area contributed by atoms with Crippen molar-refractivity contribution in [1.29, 1.82) is 0 Å². The molecule has 2 N–H and O–H groups in total. The van der Waals surface area contributed by atoms with Crippen LogP contribution >= 0.6 is 0 Å². The van der Waals surface area contributed by atoms with Gasteiger partial charge in [-0.3, -0.25) is 14.6 Å². The molecule has 3 rings (SSSR count). The van der Waals surface area contributed by atoms with E-state index in [4.69, 9.17) is 0 Å². The lowest BCUT2D eigenvalue weighted by Crippen LogP contribution is -2.16. The van der Waals surface area contributed by atoms with E-state index in [0.717, 1.165) is 30.5 Å². The van der Waals surface area contributed by atoms with Gasteiger partial charge in [0.15, 0.2) is 0 Å². The standard InChI is InChI=1S/C19H12F3N3O2/c20-12-8-11(9-23-10-12)18(26)24-13-4-6-14(7-5-13)25-19(27)17-15(21)2-1-3-16(17)22/h1-10H,(H,24,26)(H,25,27). The monoisotopic (exact) mass is 371 g/mol. The summed E-state index contributed by atoms with van der Waals surface area (Å²) in [6.45, 7) is 0. The molecule has 1 aromatic heterocycles. The van der Waals surface area contributed by atoms with E-state index in [1.807, 2.05) is 0 Å². The fourth-order valence-corrected chi connectivity index (χ4v) is 2.28. The van der Waals surface area contributed by atoms with Gasteiger partial charge in [0, 0.05) is 17.6 Å². The molecule has 0 aliphatic heterocycles. The van der Waals surface area contributed by atoms with Crippen LogP contribution in [0, 0.1) is 17.5 Å². The summed E-state index contributed by atoms with van der Waals surface area (Å²) in [7, 11) is 0. The normalized spacial score (nSPS) is 10.3. The molecule has 0 bridgehead atoms. The number of pyridine rings is 1. The number of halogens is 3. The van der Waals surface area contributed by atoms with E-state index >= 15 is 0 Å². The second kappa shape index (κ2) is 7.69. The molecule has 1 heterocycles. The van der Waals surface area contributed by atoms with Gasteiger partial charge in [-0.1, -0.05) is 6.07 Å². The molecule has 3 aromatic rings. The minimum atomic E-state index is -0.972. The summed E-state index contributed by atoms with van der Waals surface area (Å²) in [5.74, 6) is -4.08. The Morgan fingerprint density at radius 2 is 1.33 bits per heavy atom. The quantitative estimate of drug-likeness (QED) is 0.728. The Morgan fingerprint density at radius 3 is 1.89 bits per heavy atom. The second-order valence-electron chi connectivity index (χ2n) is 5.47. The largest absolute Gasteiger partial charge is 0.322 e. The van der Waals surface area contributed by atoms with Gasteiger partial charge in [-0.05, 0) is 42.5 Å². The van der Waals surface area contributed by atoms with Gasteiger partial charge in [-0.15, -0.1) is 0 Å². The highest BCUT2D eigenvalue weighted by Crippen LogP contribution is 2.18. The van der Waals surface area contributed by atoms with Crippen molar-refractivity contribution in [1.82, 2.24) is 4.98 Å². The van der Waals surface area contributed by atoms with Crippen molar-refractivity contribution >= 4 is 23.2 Å². The van der Waals surface area contributed by atoms with E-state index in [-0.39, 0.29) is 11.3 Å². The maximum Gasteiger partial charge on any atom is 0.261 e. The van der Waals surface area contributed by atoms with Crippen LogP contribution in [0.4, 0.5) is 24.5 Å². The Balaban J connectivity index is 1.68.